The molecule has 1 aliphatic rings. The molecule has 0 bridgehead atoms. The van der Waals surface area contributed by atoms with E-state index in [2.05, 4.69) is 70.5 Å². The van der Waals surface area contributed by atoms with Gasteiger partial charge in [-0.05, 0) is 0 Å². The Morgan fingerprint density at radius 1 is 1.00 bits per heavy atom. The first-order valence-electron chi connectivity index (χ1n) is 8.43. The molecular formula is C20H21N3OSe. The van der Waals surface area contributed by atoms with Crippen molar-refractivity contribution in [2.24, 2.45) is 0 Å². The molecule has 2 aromatic carbocycles. The summed E-state index contributed by atoms with van der Waals surface area (Å²) in [4.78, 5) is 2.48. The van der Waals surface area contributed by atoms with Gasteiger partial charge in [-0.25, -0.2) is 0 Å². The predicted octanol–water partition coefficient (Wildman–Crippen LogP) is 3.42. The Morgan fingerprint density at radius 3 is 2.40 bits per heavy atom. The monoisotopic (exact) mass is 399 g/mol. The van der Waals surface area contributed by atoms with Crippen molar-refractivity contribution >= 4 is 14.7 Å². The first-order chi connectivity index (χ1) is 12.2. The topological polar surface area (TPSA) is 38.3 Å². The van der Waals surface area contributed by atoms with Crippen molar-refractivity contribution in [1.29, 1.82) is 0 Å². The van der Waals surface area contributed by atoms with E-state index in [-0.39, 0.29) is 20.8 Å². The van der Waals surface area contributed by atoms with Crippen LogP contribution in [0.1, 0.15) is 46.2 Å². The van der Waals surface area contributed by atoms with Crippen molar-refractivity contribution in [3.05, 3.63) is 75.9 Å². The molecule has 1 aliphatic heterocycles. The standard InChI is InChI=1S/C20H21N3OSe/c1-13-17-20(25-22-21-17)19(15-9-11-16(24-3)12-10-15)23(2)18(13)14-7-5-4-6-8-14/h4-13,18-19H,1-3H3. The number of rotatable bonds is 3. The van der Waals surface area contributed by atoms with Crippen LogP contribution in [-0.2, 0) is 0 Å². The van der Waals surface area contributed by atoms with Gasteiger partial charge < -0.3 is 0 Å². The second-order valence-electron chi connectivity index (χ2n) is 6.51. The summed E-state index contributed by atoms with van der Waals surface area (Å²) < 4.78 is 11.1. The van der Waals surface area contributed by atoms with E-state index < -0.39 is 0 Å². The quantitative estimate of drug-likeness (QED) is 0.634. The summed E-state index contributed by atoms with van der Waals surface area (Å²) in [5, 5.41) is 4.54. The summed E-state index contributed by atoms with van der Waals surface area (Å²) in [6.07, 6.45) is 0. The van der Waals surface area contributed by atoms with Crippen molar-refractivity contribution < 1.29 is 4.74 Å². The molecule has 0 amide bonds. The zero-order valence-electron chi connectivity index (χ0n) is 14.6. The van der Waals surface area contributed by atoms with E-state index in [0.29, 0.717) is 12.0 Å². The van der Waals surface area contributed by atoms with Crippen molar-refractivity contribution in [3.8, 4) is 5.75 Å². The van der Waals surface area contributed by atoms with Gasteiger partial charge in [-0.1, -0.05) is 0 Å². The average molecular weight is 398 g/mol. The molecule has 0 aliphatic carbocycles. The number of hydrogen-bond acceptors (Lipinski definition) is 4. The van der Waals surface area contributed by atoms with Crippen LogP contribution in [0.3, 0.4) is 0 Å². The second-order valence-corrected chi connectivity index (χ2v) is 8.16. The van der Waals surface area contributed by atoms with Crippen molar-refractivity contribution in [1.82, 2.24) is 14.1 Å². The maximum absolute atomic E-state index is 5.32. The van der Waals surface area contributed by atoms with E-state index in [9.17, 15) is 0 Å². The fourth-order valence-electron chi connectivity index (χ4n) is 3.90. The fourth-order valence-corrected chi connectivity index (χ4v) is 5.87. The number of methoxy groups -OCH3 is 1. The van der Waals surface area contributed by atoms with Crippen molar-refractivity contribution in [2.45, 2.75) is 24.9 Å². The molecule has 4 nitrogen and oxygen atoms in total. The third-order valence-corrected chi connectivity index (χ3v) is 6.77. The maximum atomic E-state index is 5.32. The molecule has 0 radical (unpaired) electrons. The summed E-state index contributed by atoms with van der Waals surface area (Å²) >= 11 is 0.0874. The Kier molecular flexibility index (Phi) is 4.46. The van der Waals surface area contributed by atoms with E-state index in [1.54, 1.807) is 7.11 Å². The van der Waals surface area contributed by atoms with Crippen LogP contribution in [0, 0.1) is 0 Å². The zero-order chi connectivity index (χ0) is 17.4. The molecule has 5 heteroatoms. The molecule has 4 rings (SSSR count). The van der Waals surface area contributed by atoms with Gasteiger partial charge in [-0.15, -0.1) is 0 Å². The molecule has 25 heavy (non-hydrogen) atoms. The van der Waals surface area contributed by atoms with Gasteiger partial charge in [0.2, 0.25) is 0 Å². The molecule has 3 aromatic rings. The Morgan fingerprint density at radius 2 is 1.72 bits per heavy atom. The van der Waals surface area contributed by atoms with Gasteiger partial charge in [0.25, 0.3) is 0 Å². The molecule has 0 saturated carbocycles. The number of fused-ring (bicyclic) bond motifs is 1. The number of likely N-dealkylation sites (N-methyl/N-ethyl adjacent to an activating group) is 1. The Hall–Kier alpha value is -1.94. The molecular weight excluding hydrogens is 377 g/mol. The molecule has 1 aromatic heterocycles. The Labute approximate surface area is 154 Å². The van der Waals surface area contributed by atoms with Gasteiger partial charge in [-0.2, -0.15) is 0 Å². The average Bonchev–Trinajstić information content (AvgIpc) is 3.13. The van der Waals surface area contributed by atoms with Crippen LogP contribution in [-0.4, -0.2) is 43.0 Å². The van der Waals surface area contributed by atoms with E-state index in [1.807, 2.05) is 12.1 Å². The van der Waals surface area contributed by atoms with Crippen LogP contribution in [0.4, 0.5) is 0 Å². The number of hydrogen-bond donors (Lipinski definition) is 0. The summed E-state index contributed by atoms with van der Waals surface area (Å²) in [7, 11) is 3.93. The summed E-state index contributed by atoms with van der Waals surface area (Å²) in [5.41, 5.74) is 3.79. The Bertz CT molecular complexity index is 847. The van der Waals surface area contributed by atoms with Gasteiger partial charge in [0, 0.05) is 0 Å². The van der Waals surface area contributed by atoms with Gasteiger partial charge >= 0.3 is 154 Å². The van der Waals surface area contributed by atoms with Gasteiger partial charge in [0.05, 0.1) is 0 Å². The third-order valence-electron chi connectivity index (χ3n) is 5.11. The Balaban J connectivity index is 1.81. The molecule has 2 heterocycles. The minimum absolute atomic E-state index is 0.0874. The van der Waals surface area contributed by atoms with E-state index >= 15 is 0 Å². The zero-order valence-corrected chi connectivity index (χ0v) is 16.3. The molecule has 3 atom stereocenters. The summed E-state index contributed by atoms with van der Waals surface area (Å²) in [6.45, 7) is 2.27. The fraction of sp³-hybridized carbons (Fsp3) is 0.300. The molecule has 0 fully saturated rings. The second kappa shape index (κ2) is 6.75. The SMILES string of the molecule is COc1ccc(C2c3[se]nnc3C(C)C(c3ccccc3)N2C)cc1. The molecule has 128 valence electrons. The number of aromatic nitrogens is 2. The predicted molar refractivity (Wildman–Crippen MR) is 99.2 cm³/mol. The summed E-state index contributed by atoms with van der Waals surface area (Å²) in [6, 6.07) is 19.6. The number of benzene rings is 2. The van der Waals surface area contributed by atoms with E-state index in [1.165, 1.54) is 21.3 Å². The van der Waals surface area contributed by atoms with Gasteiger partial charge in [0.1, 0.15) is 0 Å². The van der Waals surface area contributed by atoms with Crippen LogP contribution in [0.5, 0.6) is 5.75 Å². The third kappa shape index (κ3) is 2.82. The van der Waals surface area contributed by atoms with Crippen LogP contribution < -0.4 is 4.74 Å². The van der Waals surface area contributed by atoms with Crippen molar-refractivity contribution in [2.75, 3.05) is 14.2 Å². The molecule has 3 unspecified atom stereocenters. The molecule has 0 saturated heterocycles. The van der Waals surface area contributed by atoms with E-state index in [0.717, 1.165) is 5.75 Å². The van der Waals surface area contributed by atoms with Crippen molar-refractivity contribution in [3.63, 3.8) is 0 Å². The number of nitrogens with zero attached hydrogens (tertiary/aromatic N) is 3. The van der Waals surface area contributed by atoms with Crippen LogP contribution in [0.25, 0.3) is 0 Å². The van der Waals surface area contributed by atoms with Crippen LogP contribution in [0.15, 0.2) is 54.6 Å². The molecule has 0 N–H and O–H groups in total. The van der Waals surface area contributed by atoms with Crippen LogP contribution in [0.2, 0.25) is 0 Å². The minimum atomic E-state index is 0.0874. The van der Waals surface area contributed by atoms with Gasteiger partial charge in [0.15, 0.2) is 0 Å². The first-order valence-corrected chi connectivity index (χ1v) is 10.1. The molecule has 0 spiro atoms. The van der Waals surface area contributed by atoms with Crippen LogP contribution >= 0.6 is 0 Å². The normalized spacial score (nSPS) is 23.2. The van der Waals surface area contributed by atoms with Gasteiger partial charge in [-0.3, -0.25) is 0 Å². The summed E-state index contributed by atoms with van der Waals surface area (Å²) in [5.74, 6) is 1.22. The number of ether oxygens (including phenoxy) is 1. The first kappa shape index (κ1) is 16.5. The van der Waals surface area contributed by atoms with E-state index in [4.69, 9.17) is 4.74 Å².